The number of nitrogens with zero attached hydrogens (tertiary/aromatic N) is 1. The number of ether oxygens (including phenoxy) is 3. The van der Waals surface area contributed by atoms with Gasteiger partial charge in [-0.15, -0.1) is 0 Å². The number of aryl methyl sites for hydroxylation is 2. The summed E-state index contributed by atoms with van der Waals surface area (Å²) in [5.74, 6) is 0.922. The van der Waals surface area contributed by atoms with Gasteiger partial charge < -0.3 is 19.3 Å². The molecular weight excluding hydrogens is 518 g/mol. The first kappa shape index (κ1) is 27.0. The lowest BCUT2D eigenvalue weighted by molar-refractivity contribution is -0.137. The summed E-state index contributed by atoms with van der Waals surface area (Å²) in [6.07, 6.45) is 4.95. The molecule has 39 heavy (non-hydrogen) atoms. The number of sulfone groups is 1. The summed E-state index contributed by atoms with van der Waals surface area (Å²) in [4.78, 5) is 15.6. The van der Waals surface area contributed by atoms with E-state index in [0.717, 1.165) is 40.8 Å². The lowest BCUT2D eigenvalue weighted by Gasteiger charge is -2.18. The maximum absolute atomic E-state index is 11.4. The third kappa shape index (κ3) is 6.03. The van der Waals surface area contributed by atoms with Crippen molar-refractivity contribution in [2.75, 3.05) is 25.2 Å². The molecule has 3 aromatic rings. The van der Waals surface area contributed by atoms with Gasteiger partial charge in [0.15, 0.2) is 0 Å². The molecule has 0 amide bonds. The van der Waals surface area contributed by atoms with E-state index in [0.29, 0.717) is 31.3 Å². The first-order chi connectivity index (χ1) is 18.6. The van der Waals surface area contributed by atoms with Gasteiger partial charge in [0, 0.05) is 30.0 Å². The monoisotopic (exact) mass is 551 g/mol. The third-order valence-corrected chi connectivity index (χ3v) is 8.38. The van der Waals surface area contributed by atoms with Crippen molar-refractivity contribution in [3.05, 3.63) is 70.4 Å². The fourth-order valence-electron chi connectivity index (χ4n) is 5.65. The Morgan fingerprint density at radius 2 is 1.92 bits per heavy atom. The maximum Gasteiger partial charge on any atom is 0.304 e. The van der Waals surface area contributed by atoms with E-state index in [1.54, 1.807) is 12.3 Å². The van der Waals surface area contributed by atoms with Crippen molar-refractivity contribution in [3.8, 4) is 28.5 Å². The quantitative estimate of drug-likeness (QED) is 0.343. The zero-order valence-corrected chi connectivity index (χ0v) is 23.2. The molecule has 2 heterocycles. The molecule has 2 atom stereocenters. The van der Waals surface area contributed by atoms with Crippen LogP contribution in [0.5, 0.6) is 17.4 Å². The van der Waals surface area contributed by atoms with Crippen LogP contribution in [-0.4, -0.2) is 49.7 Å². The average molecular weight is 552 g/mol. The Hall–Kier alpha value is -3.59. The van der Waals surface area contributed by atoms with Gasteiger partial charge >= 0.3 is 5.97 Å². The van der Waals surface area contributed by atoms with E-state index in [4.69, 9.17) is 19.3 Å². The number of carbonyl (C=O) groups is 1. The Bertz CT molecular complexity index is 1490. The van der Waals surface area contributed by atoms with Crippen LogP contribution in [0.2, 0.25) is 0 Å². The van der Waals surface area contributed by atoms with E-state index in [-0.39, 0.29) is 24.2 Å². The Labute approximate surface area is 228 Å². The van der Waals surface area contributed by atoms with Crippen molar-refractivity contribution in [2.45, 2.75) is 51.6 Å². The second-order valence-corrected chi connectivity index (χ2v) is 12.7. The Morgan fingerprint density at radius 3 is 2.64 bits per heavy atom. The topological polar surface area (TPSA) is 112 Å². The highest BCUT2D eigenvalue weighted by Gasteiger charge is 2.30. The van der Waals surface area contributed by atoms with Crippen molar-refractivity contribution in [2.24, 2.45) is 0 Å². The smallest absolute Gasteiger partial charge is 0.304 e. The number of hydrogen-bond acceptors (Lipinski definition) is 7. The number of aromatic nitrogens is 1. The second kappa shape index (κ2) is 10.9. The molecule has 5 rings (SSSR count). The number of carboxylic acid groups (broad SMARTS) is 1. The Morgan fingerprint density at radius 1 is 1.15 bits per heavy atom. The van der Waals surface area contributed by atoms with Crippen LogP contribution in [0.1, 0.15) is 59.1 Å². The zero-order chi connectivity index (χ0) is 27.7. The molecule has 0 spiro atoms. The van der Waals surface area contributed by atoms with Gasteiger partial charge in [-0.3, -0.25) is 4.79 Å². The molecule has 1 aliphatic carbocycles. The molecule has 9 heteroatoms. The Balaban J connectivity index is 1.33. The van der Waals surface area contributed by atoms with Gasteiger partial charge in [0.1, 0.15) is 27.4 Å². The fraction of sp³-hybridized carbons (Fsp3) is 0.400. The van der Waals surface area contributed by atoms with Crippen LogP contribution in [0.25, 0.3) is 11.1 Å². The van der Waals surface area contributed by atoms with E-state index < -0.39 is 15.8 Å². The van der Waals surface area contributed by atoms with E-state index in [9.17, 15) is 13.2 Å². The average Bonchev–Trinajstić information content (AvgIpc) is 3.45. The second-order valence-electron chi connectivity index (χ2n) is 10.4. The van der Waals surface area contributed by atoms with Crippen molar-refractivity contribution in [1.29, 1.82) is 0 Å². The molecule has 1 N–H and O–H groups in total. The molecule has 0 radical (unpaired) electrons. The SMILES string of the molecule is Cc1cc(OCCCS(C)(=O)=O)cc(C)c1-c1cccc2c1CC[C@@H]2Oc1cc2c(cn1)[C@H](CC(=O)O)CO2. The van der Waals surface area contributed by atoms with Gasteiger partial charge in [-0.25, -0.2) is 13.4 Å². The number of aliphatic carboxylic acids is 1. The molecule has 1 aliphatic heterocycles. The van der Waals surface area contributed by atoms with Gasteiger partial charge in [0.25, 0.3) is 0 Å². The van der Waals surface area contributed by atoms with Gasteiger partial charge in [-0.05, 0) is 78.6 Å². The highest BCUT2D eigenvalue weighted by molar-refractivity contribution is 7.90. The lowest BCUT2D eigenvalue weighted by atomic mass is 9.90. The number of hydrogen-bond donors (Lipinski definition) is 1. The summed E-state index contributed by atoms with van der Waals surface area (Å²) in [6, 6.07) is 12.1. The fourth-order valence-corrected chi connectivity index (χ4v) is 6.29. The van der Waals surface area contributed by atoms with Crippen LogP contribution >= 0.6 is 0 Å². The van der Waals surface area contributed by atoms with Crippen LogP contribution < -0.4 is 14.2 Å². The molecule has 0 fully saturated rings. The minimum atomic E-state index is -3.00. The summed E-state index contributed by atoms with van der Waals surface area (Å²) < 4.78 is 40.6. The molecular formula is C30H33NO7S. The van der Waals surface area contributed by atoms with Gasteiger partial charge in [0.2, 0.25) is 5.88 Å². The predicted octanol–water partition coefficient (Wildman–Crippen LogP) is 5.20. The molecule has 0 unspecified atom stereocenters. The predicted molar refractivity (Wildman–Crippen MR) is 148 cm³/mol. The third-order valence-electron chi connectivity index (χ3n) is 7.35. The molecule has 0 saturated carbocycles. The standard InChI is InChI=1S/C30H33NO7S/c1-18-12-21(36-10-5-11-39(3,34)35)13-19(2)30(18)24-7-4-6-23-22(24)8-9-26(23)38-28-15-27-25(16-31-28)20(17-37-27)14-29(32)33/h4,6-7,12-13,15-16,20,26H,5,8-11,14,17H2,1-3H3,(H,32,33)/t20-,26+/m1/s1. The zero-order valence-electron chi connectivity index (χ0n) is 22.4. The van der Waals surface area contributed by atoms with E-state index in [1.807, 2.05) is 12.1 Å². The molecule has 2 aromatic carbocycles. The highest BCUT2D eigenvalue weighted by Crippen LogP contribution is 2.43. The number of benzene rings is 2. The van der Waals surface area contributed by atoms with Crippen LogP contribution in [0.4, 0.5) is 0 Å². The van der Waals surface area contributed by atoms with Crippen molar-refractivity contribution >= 4 is 15.8 Å². The van der Waals surface area contributed by atoms with Crippen LogP contribution in [0, 0.1) is 13.8 Å². The first-order valence-corrected chi connectivity index (χ1v) is 15.2. The summed E-state index contributed by atoms with van der Waals surface area (Å²) in [6.45, 7) is 4.83. The molecule has 206 valence electrons. The molecule has 0 bridgehead atoms. The number of carboxylic acids is 1. The minimum Gasteiger partial charge on any atom is -0.494 e. The van der Waals surface area contributed by atoms with E-state index >= 15 is 0 Å². The maximum atomic E-state index is 11.4. The molecule has 8 nitrogen and oxygen atoms in total. The summed E-state index contributed by atoms with van der Waals surface area (Å²) in [7, 11) is -3.00. The first-order valence-electron chi connectivity index (χ1n) is 13.1. The summed E-state index contributed by atoms with van der Waals surface area (Å²) in [5.41, 5.74) is 7.75. The molecule has 0 saturated heterocycles. The van der Waals surface area contributed by atoms with E-state index in [2.05, 4.69) is 37.0 Å². The largest absolute Gasteiger partial charge is 0.494 e. The van der Waals surface area contributed by atoms with E-state index in [1.165, 1.54) is 22.9 Å². The number of fused-ring (bicyclic) bond motifs is 2. The summed E-state index contributed by atoms with van der Waals surface area (Å²) in [5, 5.41) is 9.13. The lowest BCUT2D eigenvalue weighted by Crippen LogP contribution is -2.08. The van der Waals surface area contributed by atoms with Gasteiger partial charge in [-0.1, -0.05) is 18.2 Å². The minimum absolute atomic E-state index is 0.0166. The summed E-state index contributed by atoms with van der Waals surface area (Å²) >= 11 is 0. The Kier molecular flexibility index (Phi) is 7.53. The number of rotatable bonds is 10. The van der Waals surface area contributed by atoms with Gasteiger partial charge in [0.05, 0.1) is 25.4 Å². The van der Waals surface area contributed by atoms with Crippen LogP contribution in [0.3, 0.4) is 0 Å². The van der Waals surface area contributed by atoms with Gasteiger partial charge in [-0.2, -0.15) is 0 Å². The van der Waals surface area contributed by atoms with Crippen molar-refractivity contribution in [3.63, 3.8) is 0 Å². The van der Waals surface area contributed by atoms with Crippen LogP contribution in [-0.2, 0) is 21.1 Å². The van der Waals surface area contributed by atoms with Crippen LogP contribution in [0.15, 0.2) is 42.6 Å². The van der Waals surface area contributed by atoms with Crippen molar-refractivity contribution < 1.29 is 32.5 Å². The molecule has 1 aromatic heterocycles. The number of pyridine rings is 1. The molecule has 2 aliphatic rings. The normalized spacial score (nSPS) is 17.8. The highest BCUT2D eigenvalue weighted by atomic mass is 32.2. The van der Waals surface area contributed by atoms with Crippen molar-refractivity contribution in [1.82, 2.24) is 4.98 Å².